The van der Waals surface area contributed by atoms with Crippen molar-refractivity contribution in [2.45, 2.75) is 26.0 Å². The number of rotatable bonds is 6. The smallest absolute Gasteiger partial charge is 0.120 e. The van der Waals surface area contributed by atoms with Crippen LogP contribution in [-0.2, 0) is 11.3 Å². The summed E-state index contributed by atoms with van der Waals surface area (Å²) in [7, 11) is 0. The van der Waals surface area contributed by atoms with E-state index in [1.165, 1.54) is 0 Å². The fraction of sp³-hybridized carbons (Fsp3) is 0.600. The van der Waals surface area contributed by atoms with Crippen LogP contribution >= 0.6 is 0 Å². The Kier molecular flexibility index (Phi) is 5.63. The van der Waals surface area contributed by atoms with E-state index in [1.807, 2.05) is 24.3 Å². The van der Waals surface area contributed by atoms with Crippen LogP contribution in [-0.4, -0.2) is 43.9 Å². The van der Waals surface area contributed by atoms with Gasteiger partial charge in [0.2, 0.25) is 0 Å². The molecule has 106 valence electrons. The molecule has 2 N–H and O–H groups in total. The normalized spacial score (nSPS) is 18.2. The summed E-state index contributed by atoms with van der Waals surface area (Å²) in [6.45, 7) is 7.53. The number of nitrogens with two attached hydrogens (primary N) is 1. The van der Waals surface area contributed by atoms with Crippen LogP contribution in [0.15, 0.2) is 24.3 Å². The Morgan fingerprint density at radius 1 is 1.37 bits per heavy atom. The summed E-state index contributed by atoms with van der Waals surface area (Å²) in [6.07, 6.45) is 1.25. The minimum Gasteiger partial charge on any atom is -0.491 e. The van der Waals surface area contributed by atoms with E-state index < -0.39 is 0 Å². The second kappa shape index (κ2) is 7.48. The van der Waals surface area contributed by atoms with Crippen LogP contribution < -0.4 is 10.5 Å². The number of hydrogen-bond donors (Lipinski definition) is 1. The van der Waals surface area contributed by atoms with Crippen molar-refractivity contribution < 1.29 is 9.47 Å². The zero-order valence-corrected chi connectivity index (χ0v) is 11.7. The van der Waals surface area contributed by atoms with Crippen LogP contribution in [0.1, 0.15) is 18.9 Å². The fourth-order valence-corrected chi connectivity index (χ4v) is 2.23. The van der Waals surface area contributed by atoms with E-state index in [2.05, 4.69) is 11.8 Å². The second-order valence-electron chi connectivity index (χ2n) is 5.02. The average molecular weight is 264 g/mol. The van der Waals surface area contributed by atoms with Gasteiger partial charge in [0.1, 0.15) is 5.75 Å². The van der Waals surface area contributed by atoms with E-state index in [4.69, 9.17) is 15.2 Å². The Morgan fingerprint density at radius 2 is 2.16 bits per heavy atom. The molecule has 0 aliphatic carbocycles. The Bertz CT molecular complexity index is 378. The van der Waals surface area contributed by atoms with Gasteiger partial charge in [-0.1, -0.05) is 12.1 Å². The molecule has 2 rings (SSSR count). The van der Waals surface area contributed by atoms with Crippen molar-refractivity contribution in [2.24, 2.45) is 5.73 Å². The van der Waals surface area contributed by atoms with E-state index >= 15 is 0 Å². The Hall–Kier alpha value is -1.10. The first kappa shape index (κ1) is 14.3. The van der Waals surface area contributed by atoms with Gasteiger partial charge in [0, 0.05) is 26.2 Å². The fourth-order valence-electron chi connectivity index (χ4n) is 2.23. The Labute approximate surface area is 115 Å². The van der Waals surface area contributed by atoms with Crippen molar-refractivity contribution >= 4 is 0 Å². The Morgan fingerprint density at radius 3 is 2.89 bits per heavy atom. The van der Waals surface area contributed by atoms with Crippen LogP contribution in [0.3, 0.4) is 0 Å². The molecule has 1 saturated heterocycles. The summed E-state index contributed by atoms with van der Waals surface area (Å²) in [5.74, 6) is 0.914. The number of benzene rings is 1. The van der Waals surface area contributed by atoms with Gasteiger partial charge in [0.15, 0.2) is 0 Å². The van der Waals surface area contributed by atoms with Gasteiger partial charge in [-0.15, -0.1) is 0 Å². The van der Waals surface area contributed by atoms with Gasteiger partial charge < -0.3 is 15.2 Å². The third-order valence-electron chi connectivity index (χ3n) is 3.43. The minimum absolute atomic E-state index is 0.218. The summed E-state index contributed by atoms with van der Waals surface area (Å²) >= 11 is 0. The monoisotopic (exact) mass is 264 g/mol. The molecular weight excluding hydrogens is 240 g/mol. The highest BCUT2D eigenvalue weighted by atomic mass is 16.5. The molecule has 0 aromatic heterocycles. The molecule has 1 aliphatic rings. The summed E-state index contributed by atoms with van der Waals surface area (Å²) in [6, 6.07) is 8.02. The standard InChI is InChI=1S/C15H24N2O2/c1-13(5-6-17-7-9-18-10-8-17)19-15-4-2-3-14(11-15)12-16/h2-4,11,13H,5-10,12,16H2,1H3. The third-order valence-corrected chi connectivity index (χ3v) is 3.43. The van der Waals surface area contributed by atoms with Crippen LogP contribution in [0.4, 0.5) is 0 Å². The van der Waals surface area contributed by atoms with E-state index in [0.717, 1.165) is 50.6 Å². The molecule has 0 spiro atoms. The first-order valence-electron chi connectivity index (χ1n) is 7.03. The zero-order valence-electron chi connectivity index (χ0n) is 11.7. The van der Waals surface area contributed by atoms with Gasteiger partial charge in [-0.3, -0.25) is 4.90 Å². The summed E-state index contributed by atoms with van der Waals surface area (Å²) in [5.41, 5.74) is 6.74. The first-order chi connectivity index (χ1) is 9.28. The van der Waals surface area contributed by atoms with Crippen LogP contribution in [0, 0.1) is 0 Å². The van der Waals surface area contributed by atoms with E-state index in [0.29, 0.717) is 6.54 Å². The molecule has 1 aliphatic heterocycles. The van der Waals surface area contributed by atoms with Crippen molar-refractivity contribution in [3.05, 3.63) is 29.8 Å². The quantitative estimate of drug-likeness (QED) is 0.848. The first-order valence-corrected chi connectivity index (χ1v) is 7.03. The number of nitrogens with zero attached hydrogens (tertiary/aromatic N) is 1. The summed E-state index contributed by atoms with van der Waals surface area (Å²) in [4.78, 5) is 2.43. The highest BCUT2D eigenvalue weighted by Gasteiger charge is 2.12. The van der Waals surface area contributed by atoms with Gasteiger partial charge in [0.05, 0.1) is 19.3 Å². The van der Waals surface area contributed by atoms with Gasteiger partial charge >= 0.3 is 0 Å². The van der Waals surface area contributed by atoms with Gasteiger partial charge in [-0.05, 0) is 31.0 Å². The molecule has 0 bridgehead atoms. The van der Waals surface area contributed by atoms with Crippen molar-refractivity contribution in [1.29, 1.82) is 0 Å². The number of morpholine rings is 1. The molecule has 1 aromatic carbocycles. The second-order valence-corrected chi connectivity index (χ2v) is 5.02. The van der Waals surface area contributed by atoms with E-state index in [9.17, 15) is 0 Å². The van der Waals surface area contributed by atoms with Gasteiger partial charge in [-0.25, -0.2) is 0 Å². The number of ether oxygens (including phenoxy) is 2. The van der Waals surface area contributed by atoms with Crippen molar-refractivity contribution in [2.75, 3.05) is 32.8 Å². The predicted molar refractivity (Wildman–Crippen MR) is 76.3 cm³/mol. The molecular formula is C15H24N2O2. The summed E-state index contributed by atoms with van der Waals surface area (Å²) in [5, 5.41) is 0. The molecule has 0 amide bonds. The maximum atomic E-state index is 5.93. The lowest BCUT2D eigenvalue weighted by Crippen LogP contribution is -2.38. The van der Waals surface area contributed by atoms with Crippen molar-refractivity contribution in [3.63, 3.8) is 0 Å². The molecule has 1 aromatic rings. The lowest BCUT2D eigenvalue weighted by atomic mass is 10.2. The molecule has 0 radical (unpaired) electrons. The Balaban J connectivity index is 1.75. The maximum absolute atomic E-state index is 5.93. The molecule has 4 nitrogen and oxygen atoms in total. The molecule has 0 saturated carbocycles. The highest BCUT2D eigenvalue weighted by molar-refractivity contribution is 5.28. The SMILES string of the molecule is CC(CCN1CCOCC1)Oc1cccc(CN)c1. The van der Waals surface area contributed by atoms with Crippen molar-refractivity contribution in [1.82, 2.24) is 4.90 Å². The zero-order chi connectivity index (χ0) is 13.5. The molecule has 4 heteroatoms. The lowest BCUT2D eigenvalue weighted by molar-refractivity contribution is 0.0326. The topological polar surface area (TPSA) is 47.7 Å². The van der Waals surface area contributed by atoms with E-state index in [1.54, 1.807) is 0 Å². The van der Waals surface area contributed by atoms with E-state index in [-0.39, 0.29) is 6.10 Å². The minimum atomic E-state index is 0.218. The summed E-state index contributed by atoms with van der Waals surface area (Å²) < 4.78 is 11.3. The molecule has 19 heavy (non-hydrogen) atoms. The van der Waals surface area contributed by atoms with Gasteiger partial charge in [-0.2, -0.15) is 0 Å². The van der Waals surface area contributed by atoms with Crippen LogP contribution in [0.2, 0.25) is 0 Å². The molecule has 1 heterocycles. The van der Waals surface area contributed by atoms with Crippen LogP contribution in [0.5, 0.6) is 5.75 Å². The van der Waals surface area contributed by atoms with Crippen LogP contribution in [0.25, 0.3) is 0 Å². The molecule has 1 atom stereocenters. The predicted octanol–water partition coefficient (Wildman–Crippen LogP) is 1.63. The highest BCUT2D eigenvalue weighted by Crippen LogP contribution is 2.16. The maximum Gasteiger partial charge on any atom is 0.120 e. The van der Waals surface area contributed by atoms with Gasteiger partial charge in [0.25, 0.3) is 0 Å². The molecule has 1 fully saturated rings. The third kappa shape index (κ3) is 4.82. The number of hydrogen-bond acceptors (Lipinski definition) is 4. The molecule has 1 unspecified atom stereocenters. The average Bonchev–Trinajstić information content (AvgIpc) is 2.46. The largest absolute Gasteiger partial charge is 0.491 e. The lowest BCUT2D eigenvalue weighted by Gasteiger charge is -2.27. The van der Waals surface area contributed by atoms with Crippen molar-refractivity contribution in [3.8, 4) is 5.75 Å².